The Labute approximate surface area is 174 Å². The summed E-state index contributed by atoms with van der Waals surface area (Å²) in [6.07, 6.45) is 7.35. The van der Waals surface area contributed by atoms with Crippen LogP contribution in [-0.2, 0) is 22.9 Å². The zero-order chi connectivity index (χ0) is 20.9. The lowest BCUT2D eigenvalue weighted by Crippen LogP contribution is -2.25. The van der Waals surface area contributed by atoms with E-state index in [0.29, 0.717) is 19.5 Å². The molecule has 0 unspecified atom stereocenters. The van der Waals surface area contributed by atoms with Crippen molar-refractivity contribution in [3.05, 3.63) is 65.0 Å². The topological polar surface area (TPSA) is 78.9 Å². The molecule has 7 nitrogen and oxygen atoms in total. The highest BCUT2D eigenvalue weighted by Gasteiger charge is 2.29. The predicted molar refractivity (Wildman–Crippen MR) is 118 cm³/mol. The molecule has 156 valence electrons. The highest BCUT2D eigenvalue weighted by molar-refractivity contribution is 7.90. The van der Waals surface area contributed by atoms with Crippen LogP contribution in [0.4, 0.5) is 0 Å². The number of aryl methyl sites for hydroxylation is 1. The van der Waals surface area contributed by atoms with Crippen LogP contribution in [0.5, 0.6) is 0 Å². The molecule has 0 bridgehead atoms. The fourth-order valence-corrected chi connectivity index (χ4v) is 4.93. The summed E-state index contributed by atoms with van der Waals surface area (Å²) in [5.74, 6) is 0.143. The molecule has 1 fully saturated rings. The van der Waals surface area contributed by atoms with Crippen LogP contribution in [0.3, 0.4) is 0 Å². The fourth-order valence-electron chi connectivity index (χ4n) is 4.27. The predicted octanol–water partition coefficient (Wildman–Crippen LogP) is 2.97. The zero-order valence-corrected chi connectivity index (χ0v) is 17.7. The van der Waals surface area contributed by atoms with Crippen molar-refractivity contribution in [1.29, 1.82) is 0 Å². The van der Waals surface area contributed by atoms with Gasteiger partial charge in [-0.3, -0.25) is 14.1 Å². The Bertz CT molecular complexity index is 1410. The van der Waals surface area contributed by atoms with Gasteiger partial charge in [-0.15, -0.1) is 0 Å². The second kappa shape index (κ2) is 7.12. The van der Waals surface area contributed by atoms with Crippen LogP contribution < -0.4 is 5.69 Å². The van der Waals surface area contributed by atoms with E-state index in [0.717, 1.165) is 40.5 Å². The maximum absolute atomic E-state index is 13.3. The smallest absolute Gasteiger partial charge is 0.329 e. The number of nitrogens with zero attached hydrogens (tertiary/aromatic N) is 4. The summed E-state index contributed by atoms with van der Waals surface area (Å²) < 4.78 is 29.0. The molecule has 0 spiro atoms. The molecule has 1 aliphatic carbocycles. The number of para-hydroxylation sites is 1. The largest absolute Gasteiger partial charge is 0.343 e. The third-order valence-electron chi connectivity index (χ3n) is 5.79. The summed E-state index contributed by atoms with van der Waals surface area (Å²) in [5, 5.41) is 1.09. The van der Waals surface area contributed by atoms with Crippen molar-refractivity contribution in [2.24, 2.45) is 0 Å². The number of hydrogen-bond donors (Lipinski definition) is 0. The lowest BCUT2D eigenvalue weighted by atomic mass is 10.2. The summed E-state index contributed by atoms with van der Waals surface area (Å²) in [6.45, 7) is 1.01. The molecular weight excluding hydrogens is 400 g/mol. The summed E-state index contributed by atoms with van der Waals surface area (Å²) in [4.78, 5) is 17.5. The van der Waals surface area contributed by atoms with Gasteiger partial charge in [-0.25, -0.2) is 13.2 Å². The molecule has 3 heterocycles. The highest BCUT2D eigenvalue weighted by atomic mass is 32.2. The number of imidazole rings is 1. The maximum atomic E-state index is 13.3. The van der Waals surface area contributed by atoms with Crippen molar-refractivity contribution in [3.8, 4) is 0 Å². The van der Waals surface area contributed by atoms with Gasteiger partial charge in [0, 0.05) is 36.2 Å². The van der Waals surface area contributed by atoms with Crippen LogP contribution >= 0.6 is 0 Å². The van der Waals surface area contributed by atoms with Gasteiger partial charge >= 0.3 is 5.69 Å². The summed E-state index contributed by atoms with van der Waals surface area (Å²) in [5.41, 5.74) is 3.80. The maximum Gasteiger partial charge on any atom is 0.329 e. The molecule has 4 aromatic rings. The Morgan fingerprint density at radius 3 is 2.63 bits per heavy atom. The number of fused-ring (bicyclic) bond motifs is 2. The highest BCUT2D eigenvalue weighted by Crippen LogP contribution is 2.36. The zero-order valence-electron chi connectivity index (χ0n) is 16.9. The van der Waals surface area contributed by atoms with Crippen molar-refractivity contribution < 1.29 is 8.42 Å². The number of sulfone groups is 1. The first-order valence-electron chi connectivity index (χ1n) is 10.2. The molecule has 3 aromatic heterocycles. The number of aromatic nitrogens is 4. The van der Waals surface area contributed by atoms with Gasteiger partial charge in [0.05, 0.1) is 29.5 Å². The molecule has 0 aliphatic heterocycles. The van der Waals surface area contributed by atoms with Crippen LogP contribution in [0.1, 0.15) is 31.0 Å². The van der Waals surface area contributed by atoms with E-state index in [1.54, 1.807) is 17.0 Å². The molecule has 1 aromatic carbocycles. The van der Waals surface area contributed by atoms with Crippen molar-refractivity contribution in [2.45, 2.75) is 38.4 Å². The molecule has 1 saturated carbocycles. The summed E-state index contributed by atoms with van der Waals surface area (Å²) in [7, 11) is -3.02. The molecule has 0 atom stereocenters. The van der Waals surface area contributed by atoms with Crippen LogP contribution in [0.2, 0.25) is 0 Å². The second-order valence-electron chi connectivity index (χ2n) is 8.16. The van der Waals surface area contributed by atoms with E-state index < -0.39 is 9.84 Å². The van der Waals surface area contributed by atoms with Crippen LogP contribution in [0, 0.1) is 0 Å². The normalized spacial score (nSPS) is 14.7. The summed E-state index contributed by atoms with van der Waals surface area (Å²) >= 11 is 0. The molecule has 0 radical (unpaired) electrons. The Hall–Kier alpha value is -2.87. The van der Waals surface area contributed by atoms with E-state index in [1.165, 1.54) is 6.26 Å². The number of benzene rings is 1. The number of pyridine rings is 1. The van der Waals surface area contributed by atoms with E-state index in [4.69, 9.17) is 0 Å². The van der Waals surface area contributed by atoms with E-state index in [9.17, 15) is 13.2 Å². The monoisotopic (exact) mass is 424 g/mol. The Morgan fingerprint density at radius 2 is 1.87 bits per heavy atom. The lowest BCUT2D eigenvalue weighted by Gasteiger charge is -2.11. The first-order chi connectivity index (χ1) is 14.4. The Kier molecular flexibility index (Phi) is 4.54. The number of hydrogen-bond acceptors (Lipinski definition) is 4. The van der Waals surface area contributed by atoms with Crippen molar-refractivity contribution in [2.75, 3.05) is 12.0 Å². The van der Waals surface area contributed by atoms with E-state index in [1.807, 2.05) is 34.9 Å². The van der Waals surface area contributed by atoms with Crippen molar-refractivity contribution >= 4 is 31.8 Å². The van der Waals surface area contributed by atoms with Gasteiger partial charge in [-0.05, 0) is 42.8 Å². The van der Waals surface area contributed by atoms with Gasteiger partial charge in [0.25, 0.3) is 0 Å². The second-order valence-corrected chi connectivity index (χ2v) is 10.4. The Balaban J connectivity index is 1.58. The molecular formula is C22H24N4O3S. The standard InChI is InChI=1S/C22H24N4O3S/c1-30(28,29)12-4-11-24-18(13-16-5-2-3-6-19(16)24)15-25-21-14-23-10-9-20(21)26(22(25)27)17-7-8-17/h2-3,5-6,9-10,13-14,17H,4,7-8,11-12,15H2,1H3. The molecule has 0 saturated heterocycles. The number of rotatable bonds is 7. The van der Waals surface area contributed by atoms with E-state index >= 15 is 0 Å². The van der Waals surface area contributed by atoms with Gasteiger partial charge in [-0.2, -0.15) is 0 Å². The lowest BCUT2D eigenvalue weighted by molar-refractivity contribution is 0.587. The minimum absolute atomic E-state index is 0.00607. The van der Waals surface area contributed by atoms with Gasteiger partial charge in [0.1, 0.15) is 9.84 Å². The fraction of sp³-hybridized carbons (Fsp3) is 0.364. The van der Waals surface area contributed by atoms with Crippen LogP contribution in [-0.4, -0.2) is 39.1 Å². The average molecular weight is 425 g/mol. The minimum Gasteiger partial charge on any atom is -0.343 e. The van der Waals surface area contributed by atoms with Crippen molar-refractivity contribution in [1.82, 2.24) is 18.7 Å². The van der Waals surface area contributed by atoms with E-state index in [2.05, 4.69) is 15.6 Å². The quantitative estimate of drug-likeness (QED) is 0.457. The van der Waals surface area contributed by atoms with Gasteiger partial charge in [0.2, 0.25) is 0 Å². The minimum atomic E-state index is -3.02. The molecule has 8 heteroatoms. The molecule has 0 amide bonds. The molecule has 1 aliphatic rings. The van der Waals surface area contributed by atoms with Gasteiger partial charge in [-0.1, -0.05) is 18.2 Å². The van der Waals surface area contributed by atoms with Gasteiger partial charge in [0.15, 0.2) is 0 Å². The molecule has 5 rings (SSSR count). The van der Waals surface area contributed by atoms with Crippen LogP contribution in [0.25, 0.3) is 21.9 Å². The molecule has 0 N–H and O–H groups in total. The van der Waals surface area contributed by atoms with Crippen LogP contribution in [0.15, 0.2) is 53.6 Å². The third kappa shape index (κ3) is 3.45. The van der Waals surface area contributed by atoms with E-state index in [-0.39, 0.29) is 17.5 Å². The summed E-state index contributed by atoms with van der Waals surface area (Å²) in [6, 6.07) is 12.3. The molecule has 30 heavy (non-hydrogen) atoms. The first kappa shape index (κ1) is 19.1. The first-order valence-corrected chi connectivity index (χ1v) is 12.3. The third-order valence-corrected chi connectivity index (χ3v) is 6.82. The average Bonchev–Trinajstić information content (AvgIpc) is 3.42. The van der Waals surface area contributed by atoms with Crippen molar-refractivity contribution in [3.63, 3.8) is 0 Å². The van der Waals surface area contributed by atoms with Gasteiger partial charge < -0.3 is 4.57 Å². The Morgan fingerprint density at radius 1 is 1.07 bits per heavy atom. The SMILES string of the molecule is CS(=O)(=O)CCCn1c(Cn2c(=O)n(C3CC3)c3ccncc32)cc2ccccc21.